The van der Waals surface area contributed by atoms with E-state index in [0.717, 1.165) is 26.0 Å². The number of fused-ring (bicyclic) bond motifs is 1. The second-order valence-corrected chi connectivity index (χ2v) is 5.69. The van der Waals surface area contributed by atoms with Gasteiger partial charge in [-0.15, -0.1) is 0 Å². The Morgan fingerprint density at radius 1 is 1.45 bits per heavy atom. The zero-order chi connectivity index (χ0) is 13.9. The predicted molar refractivity (Wildman–Crippen MR) is 77.5 cm³/mol. The normalized spacial score (nSPS) is 25.2. The van der Waals surface area contributed by atoms with Gasteiger partial charge in [0.25, 0.3) is 0 Å². The first-order valence-corrected chi connectivity index (χ1v) is 7.40. The van der Waals surface area contributed by atoms with Gasteiger partial charge in [0.2, 0.25) is 5.91 Å². The van der Waals surface area contributed by atoms with E-state index in [-0.39, 0.29) is 18.0 Å². The number of rotatable bonds is 3. The number of aryl methyl sites for hydroxylation is 1. The zero-order valence-electron chi connectivity index (χ0n) is 12.0. The summed E-state index contributed by atoms with van der Waals surface area (Å²) in [4.78, 5) is 14.4. The summed E-state index contributed by atoms with van der Waals surface area (Å²) in [6.45, 7) is 2.23. The Balaban J connectivity index is 1.64. The van der Waals surface area contributed by atoms with Crippen molar-refractivity contribution in [3.63, 3.8) is 0 Å². The average Bonchev–Trinajstić information content (AvgIpc) is 2.91. The molecule has 1 aromatic carbocycles. The van der Waals surface area contributed by atoms with E-state index in [2.05, 4.69) is 29.6 Å². The van der Waals surface area contributed by atoms with E-state index in [1.54, 1.807) is 0 Å². The molecule has 3 rings (SSSR count). The van der Waals surface area contributed by atoms with Gasteiger partial charge in [0, 0.05) is 26.1 Å². The van der Waals surface area contributed by atoms with Crippen LogP contribution in [-0.4, -0.2) is 43.7 Å². The lowest BCUT2D eigenvalue weighted by Crippen LogP contribution is -2.44. The number of hydrogen-bond acceptors (Lipinski definition) is 3. The minimum absolute atomic E-state index is 0.162. The number of carbonyl (C=O) groups is 1. The van der Waals surface area contributed by atoms with Crippen LogP contribution in [0.15, 0.2) is 24.3 Å². The molecule has 4 nitrogen and oxygen atoms in total. The van der Waals surface area contributed by atoms with Crippen LogP contribution in [0, 0.1) is 0 Å². The van der Waals surface area contributed by atoms with Crippen LogP contribution < -0.4 is 5.32 Å². The molecule has 2 aliphatic rings. The maximum absolute atomic E-state index is 12.4. The van der Waals surface area contributed by atoms with Gasteiger partial charge in [-0.1, -0.05) is 24.3 Å². The molecule has 108 valence electrons. The first kappa shape index (κ1) is 13.6. The number of amides is 1. The quantitative estimate of drug-likeness (QED) is 0.908. The van der Waals surface area contributed by atoms with E-state index < -0.39 is 0 Å². The zero-order valence-corrected chi connectivity index (χ0v) is 12.0. The molecular weight excluding hydrogens is 252 g/mol. The third-order valence-corrected chi connectivity index (χ3v) is 4.38. The number of nitrogens with one attached hydrogen (secondary N) is 1. The molecule has 1 saturated heterocycles. The number of benzene rings is 1. The first-order chi connectivity index (χ1) is 9.75. The molecule has 1 fully saturated rings. The van der Waals surface area contributed by atoms with Crippen LogP contribution in [0.2, 0.25) is 0 Å². The van der Waals surface area contributed by atoms with Gasteiger partial charge in [0.05, 0.1) is 19.3 Å². The van der Waals surface area contributed by atoms with Crippen molar-refractivity contribution in [3.8, 4) is 0 Å². The van der Waals surface area contributed by atoms with Crippen LogP contribution in [0.3, 0.4) is 0 Å². The minimum atomic E-state index is 0.162. The number of hydrogen-bond donors (Lipinski definition) is 1. The molecule has 2 atom stereocenters. The van der Waals surface area contributed by atoms with Crippen LogP contribution in [0.4, 0.5) is 0 Å². The average molecular weight is 274 g/mol. The molecule has 0 saturated carbocycles. The van der Waals surface area contributed by atoms with E-state index in [0.29, 0.717) is 13.0 Å². The Kier molecular flexibility index (Phi) is 4.03. The van der Waals surface area contributed by atoms with Crippen LogP contribution in [0.5, 0.6) is 0 Å². The maximum atomic E-state index is 12.4. The molecule has 2 unspecified atom stereocenters. The predicted octanol–water partition coefficient (Wildman–Crippen LogP) is 1.51. The Morgan fingerprint density at radius 3 is 3.10 bits per heavy atom. The summed E-state index contributed by atoms with van der Waals surface area (Å²) >= 11 is 0. The van der Waals surface area contributed by atoms with Crippen molar-refractivity contribution in [1.29, 1.82) is 0 Å². The Hall–Kier alpha value is -1.39. The number of nitrogens with zero attached hydrogens (tertiary/aromatic N) is 1. The molecule has 0 radical (unpaired) electrons. The summed E-state index contributed by atoms with van der Waals surface area (Å²) in [5, 5.41) is 3.34. The van der Waals surface area contributed by atoms with Gasteiger partial charge in [-0.3, -0.25) is 4.79 Å². The summed E-state index contributed by atoms with van der Waals surface area (Å²) < 4.78 is 5.41. The Bertz CT molecular complexity index is 483. The molecule has 0 spiro atoms. The SMILES string of the molecule is CN(C(=O)CC1COCCN1)C1CCc2ccccc21. The van der Waals surface area contributed by atoms with E-state index in [1.807, 2.05) is 11.9 Å². The highest BCUT2D eigenvalue weighted by atomic mass is 16.5. The number of ether oxygens (including phenoxy) is 1. The van der Waals surface area contributed by atoms with E-state index in [1.165, 1.54) is 11.1 Å². The van der Waals surface area contributed by atoms with Crippen molar-refractivity contribution in [2.45, 2.75) is 31.3 Å². The molecular formula is C16H22N2O2. The van der Waals surface area contributed by atoms with Gasteiger partial charge < -0.3 is 15.0 Å². The summed E-state index contributed by atoms with van der Waals surface area (Å²) in [5.74, 6) is 0.203. The van der Waals surface area contributed by atoms with Gasteiger partial charge in [-0.05, 0) is 24.0 Å². The van der Waals surface area contributed by atoms with Gasteiger partial charge >= 0.3 is 0 Å². The van der Waals surface area contributed by atoms with E-state index in [4.69, 9.17) is 4.74 Å². The van der Waals surface area contributed by atoms with Crippen molar-refractivity contribution in [3.05, 3.63) is 35.4 Å². The fourth-order valence-electron chi connectivity index (χ4n) is 3.22. The second kappa shape index (κ2) is 5.94. The van der Waals surface area contributed by atoms with Crippen LogP contribution in [0.1, 0.15) is 30.0 Å². The van der Waals surface area contributed by atoms with Crippen LogP contribution >= 0.6 is 0 Å². The van der Waals surface area contributed by atoms with Gasteiger partial charge in [0.15, 0.2) is 0 Å². The molecule has 1 heterocycles. The smallest absolute Gasteiger partial charge is 0.224 e. The lowest BCUT2D eigenvalue weighted by molar-refractivity contribution is -0.133. The molecule has 0 bridgehead atoms. The first-order valence-electron chi connectivity index (χ1n) is 7.40. The number of morpholine rings is 1. The lowest BCUT2D eigenvalue weighted by Gasteiger charge is -2.29. The molecule has 1 N–H and O–H groups in total. The molecule has 1 aromatic rings. The van der Waals surface area contributed by atoms with Gasteiger partial charge in [-0.2, -0.15) is 0 Å². The molecule has 1 aliphatic heterocycles. The Morgan fingerprint density at radius 2 is 2.30 bits per heavy atom. The number of carbonyl (C=O) groups excluding carboxylic acids is 1. The molecule has 0 aromatic heterocycles. The third kappa shape index (κ3) is 2.72. The van der Waals surface area contributed by atoms with Crippen molar-refractivity contribution >= 4 is 5.91 Å². The van der Waals surface area contributed by atoms with Crippen molar-refractivity contribution in [2.75, 3.05) is 26.8 Å². The van der Waals surface area contributed by atoms with E-state index in [9.17, 15) is 4.79 Å². The van der Waals surface area contributed by atoms with Crippen molar-refractivity contribution in [2.24, 2.45) is 0 Å². The highest BCUT2D eigenvalue weighted by Crippen LogP contribution is 2.35. The fraction of sp³-hybridized carbons (Fsp3) is 0.562. The highest BCUT2D eigenvalue weighted by molar-refractivity contribution is 5.77. The minimum Gasteiger partial charge on any atom is -0.378 e. The standard InChI is InChI=1S/C16H22N2O2/c1-18(16(19)10-13-11-20-9-8-17-13)15-7-6-12-4-2-3-5-14(12)15/h2-5,13,15,17H,6-11H2,1H3. The molecule has 1 amide bonds. The van der Waals surface area contributed by atoms with Crippen molar-refractivity contribution in [1.82, 2.24) is 10.2 Å². The second-order valence-electron chi connectivity index (χ2n) is 5.69. The van der Waals surface area contributed by atoms with Gasteiger partial charge in [-0.25, -0.2) is 0 Å². The van der Waals surface area contributed by atoms with E-state index >= 15 is 0 Å². The molecule has 1 aliphatic carbocycles. The summed E-state index contributed by atoms with van der Waals surface area (Å²) in [6.07, 6.45) is 2.63. The molecule has 4 heteroatoms. The highest BCUT2D eigenvalue weighted by Gasteiger charge is 2.29. The fourth-order valence-corrected chi connectivity index (χ4v) is 3.22. The third-order valence-electron chi connectivity index (χ3n) is 4.38. The van der Waals surface area contributed by atoms with Crippen LogP contribution in [0.25, 0.3) is 0 Å². The maximum Gasteiger partial charge on any atom is 0.224 e. The van der Waals surface area contributed by atoms with Crippen molar-refractivity contribution < 1.29 is 9.53 Å². The monoisotopic (exact) mass is 274 g/mol. The van der Waals surface area contributed by atoms with Crippen LogP contribution in [-0.2, 0) is 16.0 Å². The lowest BCUT2D eigenvalue weighted by atomic mass is 10.1. The Labute approximate surface area is 120 Å². The summed E-state index contributed by atoms with van der Waals surface area (Å²) in [5.41, 5.74) is 2.70. The largest absolute Gasteiger partial charge is 0.378 e. The summed E-state index contributed by atoms with van der Waals surface area (Å²) in [6, 6.07) is 8.86. The van der Waals surface area contributed by atoms with Gasteiger partial charge in [0.1, 0.15) is 0 Å². The topological polar surface area (TPSA) is 41.6 Å². The summed E-state index contributed by atoms with van der Waals surface area (Å²) in [7, 11) is 1.93. The molecule has 20 heavy (non-hydrogen) atoms.